The van der Waals surface area contributed by atoms with E-state index in [1.807, 2.05) is 12.1 Å². The van der Waals surface area contributed by atoms with Crippen LogP contribution in [0.1, 0.15) is 17.5 Å². The van der Waals surface area contributed by atoms with Crippen molar-refractivity contribution in [2.75, 3.05) is 25.9 Å². The summed E-state index contributed by atoms with van der Waals surface area (Å²) in [6.07, 6.45) is -3.17. The van der Waals surface area contributed by atoms with E-state index >= 15 is 0 Å². The summed E-state index contributed by atoms with van der Waals surface area (Å²) in [6.45, 7) is 1.11. The molecule has 36 heavy (non-hydrogen) atoms. The van der Waals surface area contributed by atoms with Gasteiger partial charge in [0.25, 0.3) is 5.91 Å². The van der Waals surface area contributed by atoms with E-state index in [2.05, 4.69) is 36.0 Å². The zero-order chi connectivity index (χ0) is 25.4. The quantitative estimate of drug-likeness (QED) is 0.215. The fraction of sp³-hybridized carbons (Fsp3) is 0.640. The highest BCUT2D eigenvalue weighted by molar-refractivity contribution is 7.80. The molecule has 1 spiro atoms. The molecule has 0 saturated carbocycles. The highest BCUT2D eigenvalue weighted by Gasteiger charge is 2.65. The number of aliphatic hydroxyl groups is 3. The van der Waals surface area contributed by atoms with Gasteiger partial charge in [0.1, 0.15) is 30.5 Å². The van der Waals surface area contributed by atoms with E-state index in [1.165, 1.54) is 0 Å². The molecule has 1 aromatic rings. The summed E-state index contributed by atoms with van der Waals surface area (Å²) in [5, 5.41) is 44.8. The van der Waals surface area contributed by atoms with Crippen molar-refractivity contribution in [3.8, 4) is 11.5 Å². The number of likely N-dealkylation sites (N-methyl/N-ethyl adjacent to an activating group) is 1. The van der Waals surface area contributed by atoms with Crippen LogP contribution in [0.3, 0.4) is 0 Å². The van der Waals surface area contributed by atoms with Crippen LogP contribution in [0.5, 0.6) is 11.5 Å². The highest BCUT2D eigenvalue weighted by Crippen LogP contribution is 2.62. The van der Waals surface area contributed by atoms with E-state index in [0.29, 0.717) is 11.5 Å². The van der Waals surface area contributed by atoms with Gasteiger partial charge in [-0.3, -0.25) is 4.79 Å². The number of carbonyl (C=O) groups is 1. The Morgan fingerprint density at radius 2 is 2.06 bits per heavy atom. The van der Waals surface area contributed by atoms with Gasteiger partial charge in [-0.15, -0.1) is 0 Å². The number of nitrogens with one attached hydrogen (secondary N) is 1. The van der Waals surface area contributed by atoms with Crippen LogP contribution in [0.2, 0.25) is 0 Å². The first-order valence-electron chi connectivity index (χ1n) is 12.4. The number of hydrogen-bond donors (Lipinski definition) is 6. The maximum absolute atomic E-state index is 12.5. The van der Waals surface area contributed by atoms with Gasteiger partial charge < -0.3 is 44.9 Å². The van der Waals surface area contributed by atoms with Gasteiger partial charge in [0, 0.05) is 35.2 Å². The lowest BCUT2D eigenvalue weighted by Gasteiger charge is -2.57. The van der Waals surface area contributed by atoms with Crippen LogP contribution in [-0.2, 0) is 26.1 Å². The molecule has 10 nitrogen and oxygen atoms in total. The van der Waals surface area contributed by atoms with Crippen molar-refractivity contribution < 1.29 is 39.4 Å². The van der Waals surface area contributed by atoms with Crippen molar-refractivity contribution in [1.82, 2.24) is 10.2 Å². The topological polar surface area (TPSA) is 141 Å². The number of benzene rings is 1. The number of aliphatic hydroxyl groups excluding tert-OH is 3. The van der Waals surface area contributed by atoms with Crippen molar-refractivity contribution in [2.24, 2.45) is 5.92 Å². The number of likely N-dealkylation sites (tertiary alicyclic amines) is 1. The Morgan fingerprint density at radius 1 is 1.25 bits per heavy atom. The molecule has 2 aliphatic carbocycles. The minimum Gasteiger partial charge on any atom is -0.504 e. The smallest absolute Gasteiger partial charge is 0.252 e. The lowest BCUT2D eigenvalue weighted by molar-refractivity contribution is -0.304. The molecule has 2 bridgehead atoms. The maximum atomic E-state index is 12.5. The minimum atomic E-state index is -1.64. The molecule has 2 fully saturated rings. The Hall–Kier alpha value is -1.86. The lowest BCUT2D eigenvalue weighted by Crippen LogP contribution is -2.66. The Morgan fingerprint density at radius 3 is 2.83 bits per heavy atom. The predicted octanol–water partition coefficient (Wildman–Crippen LogP) is -0.924. The van der Waals surface area contributed by atoms with Gasteiger partial charge in [-0.25, -0.2) is 0 Å². The number of piperidine rings is 1. The van der Waals surface area contributed by atoms with Gasteiger partial charge in [0.05, 0.1) is 0 Å². The van der Waals surface area contributed by atoms with Crippen LogP contribution in [-0.4, -0.2) is 106 Å². The molecule has 5 N–H and O–H groups in total. The standard InChI is InChI=1S/C25H32N2O8S/c1-27-8-6-25-12-3-5-15(22(25)34-20-14(28)4-2-11(16(20)25)10-13(12)27)33-24-19(31)17(29)18(30)21(35-24)23(32)26-7-9-36/h2-5,12-13,15,17-19,21-22,24,28-31,36H,6-10H2,1H3,(H,26,32)/t12?,13-,15+,17+,18+,19-,21+,22+,24+,25+/m1/s1. The second kappa shape index (κ2) is 8.87. The molecular formula is C25H32N2O8S. The molecule has 3 heterocycles. The molecule has 10 atom stereocenters. The third kappa shape index (κ3) is 3.37. The SMILES string of the molecule is CN1CC[C@]23c4c5ccc(O)c4O[C@H]2[C@@H](O[C@H]2O[C@H](C(=O)NCCS)[C@@H](O)[C@H](O)[C@H]2O)C=CC3[C@H]1C5. The number of thiol groups is 1. The first-order valence-corrected chi connectivity index (χ1v) is 13.1. The van der Waals surface area contributed by atoms with Crippen LogP contribution >= 0.6 is 12.6 Å². The van der Waals surface area contributed by atoms with E-state index < -0.39 is 54.2 Å². The molecule has 0 aromatic heterocycles. The van der Waals surface area contributed by atoms with Gasteiger partial charge >= 0.3 is 0 Å². The number of aromatic hydroxyl groups is 1. The number of ether oxygens (including phenoxy) is 3. The zero-order valence-corrected chi connectivity index (χ0v) is 20.8. The predicted molar refractivity (Wildman–Crippen MR) is 130 cm³/mol. The molecule has 5 aliphatic rings. The van der Waals surface area contributed by atoms with Crippen LogP contribution < -0.4 is 10.1 Å². The Balaban J connectivity index is 1.32. The summed E-state index contributed by atoms with van der Waals surface area (Å²) in [5.41, 5.74) is 1.77. The summed E-state index contributed by atoms with van der Waals surface area (Å²) in [7, 11) is 2.13. The van der Waals surface area contributed by atoms with Crippen molar-refractivity contribution in [2.45, 2.75) is 67.2 Å². The van der Waals surface area contributed by atoms with Crippen molar-refractivity contribution >= 4 is 18.5 Å². The van der Waals surface area contributed by atoms with Crippen LogP contribution in [0, 0.1) is 5.92 Å². The molecule has 1 aromatic carbocycles. The molecule has 2 saturated heterocycles. The monoisotopic (exact) mass is 520 g/mol. The number of carbonyl (C=O) groups excluding carboxylic acids is 1. The first kappa shape index (κ1) is 24.5. The van der Waals surface area contributed by atoms with E-state index in [-0.39, 0.29) is 24.3 Å². The van der Waals surface area contributed by atoms with Crippen molar-refractivity contribution in [1.29, 1.82) is 0 Å². The molecule has 1 unspecified atom stereocenters. The summed E-state index contributed by atoms with van der Waals surface area (Å²) < 4.78 is 18.4. The average molecular weight is 521 g/mol. The molecule has 196 valence electrons. The van der Waals surface area contributed by atoms with E-state index in [1.54, 1.807) is 6.07 Å². The lowest BCUT2D eigenvalue weighted by atomic mass is 9.53. The van der Waals surface area contributed by atoms with E-state index in [9.17, 15) is 25.2 Å². The van der Waals surface area contributed by atoms with Crippen LogP contribution in [0.25, 0.3) is 0 Å². The summed E-state index contributed by atoms with van der Waals surface area (Å²) in [6, 6.07) is 3.91. The van der Waals surface area contributed by atoms with Gasteiger partial charge in [0.2, 0.25) is 0 Å². The average Bonchev–Trinajstić information content (AvgIpc) is 3.23. The van der Waals surface area contributed by atoms with E-state index in [4.69, 9.17) is 14.2 Å². The van der Waals surface area contributed by atoms with Gasteiger partial charge in [0.15, 0.2) is 23.9 Å². The third-order valence-corrected chi connectivity index (χ3v) is 8.88. The van der Waals surface area contributed by atoms with Crippen molar-refractivity contribution in [3.05, 3.63) is 35.4 Å². The van der Waals surface area contributed by atoms with Crippen molar-refractivity contribution in [3.63, 3.8) is 0 Å². The highest BCUT2D eigenvalue weighted by atomic mass is 32.1. The third-order valence-electron chi connectivity index (χ3n) is 8.66. The number of amides is 1. The summed E-state index contributed by atoms with van der Waals surface area (Å²) in [4.78, 5) is 14.9. The maximum Gasteiger partial charge on any atom is 0.252 e. The number of phenols is 1. The Kier molecular flexibility index (Phi) is 6.03. The van der Waals surface area contributed by atoms with Crippen LogP contribution in [0.15, 0.2) is 24.3 Å². The second-order valence-electron chi connectivity index (χ2n) is 10.5. The number of hydrogen-bond acceptors (Lipinski definition) is 10. The van der Waals surface area contributed by atoms with Crippen LogP contribution in [0.4, 0.5) is 0 Å². The Labute approximate surface area is 214 Å². The number of rotatable bonds is 5. The molecular weight excluding hydrogens is 488 g/mol. The largest absolute Gasteiger partial charge is 0.504 e. The normalized spacial score (nSPS) is 42.5. The first-order chi connectivity index (χ1) is 17.3. The molecule has 0 radical (unpaired) electrons. The van der Waals surface area contributed by atoms with Gasteiger partial charge in [-0.2, -0.15) is 12.6 Å². The molecule has 1 amide bonds. The van der Waals surface area contributed by atoms with Gasteiger partial charge in [-0.1, -0.05) is 18.2 Å². The van der Waals surface area contributed by atoms with E-state index in [0.717, 1.165) is 30.5 Å². The minimum absolute atomic E-state index is 0.0841. The molecule has 11 heteroatoms. The fourth-order valence-corrected chi connectivity index (χ4v) is 7.06. The number of phenolic OH excluding ortho intramolecular Hbond substituents is 1. The Bertz CT molecular complexity index is 1090. The second-order valence-corrected chi connectivity index (χ2v) is 10.9. The number of nitrogens with zero attached hydrogens (tertiary/aromatic N) is 1. The van der Waals surface area contributed by atoms with Gasteiger partial charge in [-0.05, 0) is 38.1 Å². The molecule has 3 aliphatic heterocycles. The fourth-order valence-electron chi connectivity index (χ4n) is 6.95. The molecule has 6 rings (SSSR count). The summed E-state index contributed by atoms with van der Waals surface area (Å²) in [5.74, 6) is 0.480. The summed E-state index contributed by atoms with van der Waals surface area (Å²) >= 11 is 4.06. The zero-order valence-electron chi connectivity index (χ0n) is 19.9.